The van der Waals surface area contributed by atoms with Gasteiger partial charge in [-0.3, -0.25) is 4.84 Å². The van der Waals surface area contributed by atoms with Crippen molar-refractivity contribution in [3.8, 4) is 0 Å². The summed E-state index contributed by atoms with van der Waals surface area (Å²) < 4.78 is 10.7. The van der Waals surface area contributed by atoms with E-state index < -0.39 is 18.2 Å². The maximum atomic E-state index is 12.6. The number of benzene rings is 2. The lowest BCUT2D eigenvalue weighted by Crippen LogP contribution is -2.23. The van der Waals surface area contributed by atoms with Gasteiger partial charge in [-0.1, -0.05) is 60.7 Å². The highest BCUT2D eigenvalue weighted by Crippen LogP contribution is 2.29. The van der Waals surface area contributed by atoms with E-state index >= 15 is 0 Å². The highest BCUT2D eigenvalue weighted by atomic mass is 16.7. The molecule has 1 heterocycles. The molecule has 0 aliphatic rings. The van der Waals surface area contributed by atoms with E-state index in [1.807, 2.05) is 60.7 Å². The lowest BCUT2D eigenvalue weighted by Gasteiger charge is -2.21. The molecular formula is C19H17NO4. The molecule has 24 heavy (non-hydrogen) atoms. The monoisotopic (exact) mass is 323 g/mol. The lowest BCUT2D eigenvalue weighted by atomic mass is 10.0. The molecule has 1 atom stereocenters. The van der Waals surface area contributed by atoms with Gasteiger partial charge in [-0.15, -0.1) is 0 Å². The van der Waals surface area contributed by atoms with Crippen LogP contribution in [-0.2, 0) is 14.4 Å². The zero-order valence-electron chi connectivity index (χ0n) is 12.9. The van der Waals surface area contributed by atoms with Crippen molar-refractivity contribution in [1.29, 1.82) is 0 Å². The summed E-state index contributed by atoms with van der Waals surface area (Å²) in [5, 5.41) is 0. The molecule has 2 aromatic carbocycles. The quantitative estimate of drug-likeness (QED) is 0.555. The van der Waals surface area contributed by atoms with Crippen molar-refractivity contribution in [3.05, 3.63) is 95.9 Å². The molecule has 122 valence electrons. The molecule has 0 spiro atoms. The second kappa shape index (κ2) is 7.59. The SMILES string of the molecule is NOC(C(=O)OC(c1ccccc1)c1ccccc1)c1ccoc1. The maximum Gasteiger partial charge on any atom is 0.343 e. The standard InChI is InChI=1S/C19H17NO4/c20-24-18(16-11-12-22-13-16)19(21)23-17(14-7-3-1-4-8-14)15-9-5-2-6-10-15/h1-13,17-18H,20H2. The Morgan fingerprint density at radius 3 is 1.92 bits per heavy atom. The van der Waals surface area contributed by atoms with Crippen molar-refractivity contribution in [2.45, 2.75) is 12.2 Å². The van der Waals surface area contributed by atoms with Gasteiger partial charge in [-0.25, -0.2) is 10.7 Å². The minimum Gasteiger partial charge on any atom is -0.472 e. The van der Waals surface area contributed by atoms with Crippen molar-refractivity contribution >= 4 is 5.97 Å². The highest BCUT2D eigenvalue weighted by molar-refractivity contribution is 5.77. The Hall–Kier alpha value is -2.89. The third-order valence-electron chi connectivity index (χ3n) is 3.63. The van der Waals surface area contributed by atoms with Crippen LogP contribution in [0.2, 0.25) is 0 Å². The molecule has 0 aliphatic carbocycles. The maximum absolute atomic E-state index is 12.6. The van der Waals surface area contributed by atoms with Gasteiger partial charge in [-0.2, -0.15) is 0 Å². The van der Waals surface area contributed by atoms with E-state index in [4.69, 9.17) is 19.9 Å². The van der Waals surface area contributed by atoms with Crippen LogP contribution in [0.15, 0.2) is 83.7 Å². The largest absolute Gasteiger partial charge is 0.472 e. The van der Waals surface area contributed by atoms with Crippen LogP contribution in [0, 0.1) is 0 Å². The summed E-state index contributed by atoms with van der Waals surface area (Å²) in [6, 6.07) is 20.6. The number of nitrogens with two attached hydrogens (primary N) is 1. The van der Waals surface area contributed by atoms with Gasteiger partial charge in [0, 0.05) is 5.56 Å². The van der Waals surface area contributed by atoms with Crippen molar-refractivity contribution in [2.24, 2.45) is 5.90 Å². The molecule has 3 aromatic rings. The number of hydrogen-bond donors (Lipinski definition) is 1. The van der Waals surface area contributed by atoms with Crippen LogP contribution in [0.1, 0.15) is 28.9 Å². The molecule has 3 rings (SSSR count). The van der Waals surface area contributed by atoms with Crippen LogP contribution in [0.3, 0.4) is 0 Å². The summed E-state index contributed by atoms with van der Waals surface area (Å²) >= 11 is 0. The van der Waals surface area contributed by atoms with Crippen molar-refractivity contribution in [1.82, 2.24) is 0 Å². The fraction of sp³-hybridized carbons (Fsp3) is 0.105. The van der Waals surface area contributed by atoms with Gasteiger partial charge < -0.3 is 9.15 Å². The second-order valence-electron chi connectivity index (χ2n) is 5.21. The molecule has 0 saturated carbocycles. The van der Waals surface area contributed by atoms with Gasteiger partial charge in [-0.05, 0) is 17.2 Å². The second-order valence-corrected chi connectivity index (χ2v) is 5.21. The average Bonchev–Trinajstić information content (AvgIpc) is 3.16. The van der Waals surface area contributed by atoms with E-state index in [9.17, 15) is 4.79 Å². The normalized spacial score (nSPS) is 12.1. The molecule has 5 nitrogen and oxygen atoms in total. The summed E-state index contributed by atoms with van der Waals surface area (Å²) in [7, 11) is 0. The van der Waals surface area contributed by atoms with E-state index in [-0.39, 0.29) is 0 Å². The van der Waals surface area contributed by atoms with E-state index in [2.05, 4.69) is 0 Å². The van der Waals surface area contributed by atoms with Crippen molar-refractivity contribution in [3.63, 3.8) is 0 Å². The number of hydrogen-bond acceptors (Lipinski definition) is 5. The van der Waals surface area contributed by atoms with Gasteiger partial charge >= 0.3 is 5.97 Å². The zero-order valence-corrected chi connectivity index (χ0v) is 12.9. The molecule has 1 aromatic heterocycles. The summed E-state index contributed by atoms with van der Waals surface area (Å²) in [4.78, 5) is 17.4. The Balaban J connectivity index is 1.88. The van der Waals surface area contributed by atoms with Gasteiger partial charge in [0.25, 0.3) is 0 Å². The number of carbonyl (C=O) groups is 1. The number of esters is 1. The van der Waals surface area contributed by atoms with Crippen LogP contribution in [-0.4, -0.2) is 5.97 Å². The molecule has 0 amide bonds. The smallest absolute Gasteiger partial charge is 0.343 e. The van der Waals surface area contributed by atoms with Crippen molar-refractivity contribution in [2.75, 3.05) is 0 Å². The first-order valence-electron chi connectivity index (χ1n) is 7.47. The zero-order chi connectivity index (χ0) is 16.8. The lowest BCUT2D eigenvalue weighted by molar-refractivity contribution is -0.162. The van der Waals surface area contributed by atoms with Crippen molar-refractivity contribution < 1.29 is 18.8 Å². The Morgan fingerprint density at radius 1 is 0.875 bits per heavy atom. The number of carbonyl (C=O) groups excluding carboxylic acids is 1. The third kappa shape index (κ3) is 3.53. The first-order chi connectivity index (χ1) is 11.8. The molecule has 0 radical (unpaired) electrons. The molecular weight excluding hydrogens is 306 g/mol. The van der Waals surface area contributed by atoms with Gasteiger partial charge in [0.1, 0.15) is 0 Å². The number of furan rings is 1. The van der Waals surface area contributed by atoms with Crippen LogP contribution >= 0.6 is 0 Å². The van der Waals surface area contributed by atoms with Gasteiger partial charge in [0.2, 0.25) is 6.10 Å². The summed E-state index contributed by atoms with van der Waals surface area (Å²) in [5.41, 5.74) is 2.22. The van der Waals surface area contributed by atoms with Crippen LogP contribution in [0.25, 0.3) is 0 Å². The Morgan fingerprint density at radius 2 is 1.46 bits per heavy atom. The molecule has 0 bridgehead atoms. The van der Waals surface area contributed by atoms with E-state index in [0.717, 1.165) is 11.1 Å². The molecule has 2 N–H and O–H groups in total. The number of rotatable bonds is 6. The van der Waals surface area contributed by atoms with Gasteiger partial charge in [0.15, 0.2) is 6.10 Å². The fourth-order valence-electron chi connectivity index (χ4n) is 2.46. The Kier molecular flexibility index (Phi) is 5.05. The van der Waals surface area contributed by atoms with E-state index in [1.54, 1.807) is 6.07 Å². The first kappa shape index (κ1) is 16.0. The predicted molar refractivity (Wildman–Crippen MR) is 87.5 cm³/mol. The molecule has 0 aliphatic heterocycles. The van der Waals surface area contributed by atoms with Crippen LogP contribution in [0.5, 0.6) is 0 Å². The van der Waals surface area contributed by atoms with Gasteiger partial charge in [0.05, 0.1) is 12.5 Å². The Bertz CT molecular complexity index is 717. The minimum atomic E-state index is -1.04. The Labute approximate surface area is 139 Å². The third-order valence-corrected chi connectivity index (χ3v) is 3.63. The first-order valence-corrected chi connectivity index (χ1v) is 7.47. The minimum absolute atomic E-state index is 0.502. The summed E-state index contributed by atoms with van der Waals surface area (Å²) in [6.45, 7) is 0. The highest BCUT2D eigenvalue weighted by Gasteiger charge is 2.28. The topological polar surface area (TPSA) is 74.7 Å². The number of ether oxygens (including phenoxy) is 1. The summed E-state index contributed by atoms with van der Waals surface area (Å²) in [5.74, 6) is 4.69. The molecule has 0 saturated heterocycles. The van der Waals surface area contributed by atoms with E-state index in [0.29, 0.717) is 5.56 Å². The van der Waals surface area contributed by atoms with Crippen LogP contribution < -0.4 is 5.90 Å². The fourth-order valence-corrected chi connectivity index (χ4v) is 2.46. The molecule has 0 fully saturated rings. The summed E-state index contributed by atoms with van der Waals surface area (Å²) in [6.07, 6.45) is 1.25. The van der Waals surface area contributed by atoms with E-state index in [1.165, 1.54) is 12.5 Å². The molecule has 5 heteroatoms. The molecule has 1 unspecified atom stereocenters. The van der Waals surface area contributed by atoms with Crippen LogP contribution in [0.4, 0.5) is 0 Å². The average molecular weight is 323 g/mol. The predicted octanol–water partition coefficient (Wildman–Crippen LogP) is 3.54.